The normalized spacial score (nSPS) is 12.4. The van der Waals surface area contributed by atoms with Crippen LogP contribution in [0.4, 0.5) is 0 Å². The van der Waals surface area contributed by atoms with Gasteiger partial charge in [-0.2, -0.15) is 0 Å². The predicted molar refractivity (Wildman–Crippen MR) is 85.7 cm³/mol. The maximum atomic E-state index is 6.55. The molecule has 0 aliphatic rings. The van der Waals surface area contributed by atoms with E-state index >= 15 is 0 Å². The molecule has 2 rings (SSSR count). The topological polar surface area (TPSA) is 9.23 Å². The summed E-state index contributed by atoms with van der Waals surface area (Å²) in [5.74, 6) is 0.882. The fraction of sp³-hybridized carbons (Fsp3) is 0.333. The summed E-state index contributed by atoms with van der Waals surface area (Å²) in [4.78, 5) is 0. The molecule has 2 aromatic carbocycles. The van der Waals surface area contributed by atoms with Crippen molar-refractivity contribution < 1.29 is 4.74 Å². The third-order valence-electron chi connectivity index (χ3n) is 3.09. The molecule has 0 radical (unpaired) electrons. The summed E-state index contributed by atoms with van der Waals surface area (Å²) in [5, 5.41) is -0.0347. The van der Waals surface area contributed by atoms with Gasteiger partial charge in [-0.25, -0.2) is 0 Å². The number of hydrogen-bond donors (Lipinski definition) is 0. The van der Waals surface area contributed by atoms with Crippen molar-refractivity contribution in [1.82, 2.24) is 0 Å². The molecule has 0 spiro atoms. The first-order chi connectivity index (χ1) is 9.54. The molecule has 0 saturated heterocycles. The second-order valence-electron chi connectivity index (χ2n) is 5.40. The molecule has 0 amide bonds. The number of alkyl halides is 1. The van der Waals surface area contributed by atoms with Gasteiger partial charge in [0.25, 0.3) is 0 Å². The number of aryl methyl sites for hydroxylation is 1. The van der Waals surface area contributed by atoms with Gasteiger partial charge in [0.05, 0.1) is 11.5 Å². The van der Waals surface area contributed by atoms with Gasteiger partial charge in [0, 0.05) is 0 Å². The molecule has 1 nitrogen and oxygen atoms in total. The monoisotopic (exact) mass is 288 g/mol. The molecule has 0 fully saturated rings. The molecule has 0 aliphatic heterocycles. The molecule has 1 atom stereocenters. The standard InChI is InChI=1S/C18H21ClO/c1-13(2)20-17-9-5-8-16(12-17)18(19)11-15-7-4-6-14(3)10-15/h4-10,12-13,18H,11H2,1-3H3. The summed E-state index contributed by atoms with van der Waals surface area (Å²) in [6.45, 7) is 6.15. The Balaban J connectivity index is 2.10. The first kappa shape index (κ1) is 14.9. The van der Waals surface area contributed by atoms with Crippen molar-refractivity contribution in [3.63, 3.8) is 0 Å². The number of ether oxygens (including phenoxy) is 1. The summed E-state index contributed by atoms with van der Waals surface area (Å²) in [6, 6.07) is 16.5. The van der Waals surface area contributed by atoms with Crippen molar-refractivity contribution in [3.05, 3.63) is 65.2 Å². The average molecular weight is 289 g/mol. The lowest BCUT2D eigenvalue weighted by atomic mass is 10.0. The maximum Gasteiger partial charge on any atom is 0.120 e. The van der Waals surface area contributed by atoms with Crippen LogP contribution in [0.3, 0.4) is 0 Å². The van der Waals surface area contributed by atoms with E-state index in [0.717, 1.165) is 17.7 Å². The van der Waals surface area contributed by atoms with Crippen LogP contribution in [0.1, 0.15) is 35.9 Å². The van der Waals surface area contributed by atoms with Crippen molar-refractivity contribution in [3.8, 4) is 5.75 Å². The van der Waals surface area contributed by atoms with E-state index < -0.39 is 0 Å². The van der Waals surface area contributed by atoms with Crippen molar-refractivity contribution in [2.75, 3.05) is 0 Å². The highest BCUT2D eigenvalue weighted by Gasteiger charge is 2.10. The fourth-order valence-corrected chi connectivity index (χ4v) is 2.53. The molecular weight excluding hydrogens is 268 g/mol. The Labute approximate surface area is 126 Å². The Morgan fingerprint density at radius 1 is 1.05 bits per heavy atom. The summed E-state index contributed by atoms with van der Waals surface area (Å²) in [6.07, 6.45) is 1.00. The molecule has 2 heteroatoms. The Hall–Kier alpha value is -1.47. The van der Waals surface area contributed by atoms with Crippen molar-refractivity contribution in [2.24, 2.45) is 0 Å². The molecule has 0 N–H and O–H groups in total. The van der Waals surface area contributed by atoms with E-state index in [-0.39, 0.29) is 11.5 Å². The second-order valence-corrected chi connectivity index (χ2v) is 5.93. The highest BCUT2D eigenvalue weighted by molar-refractivity contribution is 6.20. The van der Waals surface area contributed by atoms with Gasteiger partial charge in [-0.3, -0.25) is 0 Å². The number of halogens is 1. The van der Waals surface area contributed by atoms with Crippen LogP contribution >= 0.6 is 11.6 Å². The van der Waals surface area contributed by atoms with Crippen LogP contribution in [0.5, 0.6) is 5.75 Å². The largest absolute Gasteiger partial charge is 0.491 e. The average Bonchev–Trinajstić information content (AvgIpc) is 2.38. The smallest absolute Gasteiger partial charge is 0.120 e. The zero-order valence-electron chi connectivity index (χ0n) is 12.3. The number of benzene rings is 2. The zero-order valence-corrected chi connectivity index (χ0v) is 13.0. The highest BCUT2D eigenvalue weighted by atomic mass is 35.5. The van der Waals surface area contributed by atoms with Crippen LogP contribution in [0.2, 0.25) is 0 Å². The lowest BCUT2D eigenvalue weighted by Crippen LogP contribution is -2.06. The Morgan fingerprint density at radius 3 is 2.50 bits per heavy atom. The summed E-state index contributed by atoms with van der Waals surface area (Å²) < 4.78 is 5.72. The zero-order chi connectivity index (χ0) is 14.5. The molecule has 1 unspecified atom stereocenters. The molecule has 2 aromatic rings. The molecule has 20 heavy (non-hydrogen) atoms. The van der Waals surface area contributed by atoms with Gasteiger partial charge in [-0.15, -0.1) is 11.6 Å². The van der Waals surface area contributed by atoms with Gasteiger partial charge < -0.3 is 4.74 Å². The number of hydrogen-bond acceptors (Lipinski definition) is 1. The first-order valence-corrected chi connectivity index (χ1v) is 7.44. The van der Waals surface area contributed by atoms with E-state index in [1.165, 1.54) is 11.1 Å². The van der Waals surface area contributed by atoms with E-state index in [1.807, 2.05) is 32.0 Å². The van der Waals surface area contributed by atoms with E-state index in [4.69, 9.17) is 16.3 Å². The van der Waals surface area contributed by atoms with Crippen molar-refractivity contribution in [2.45, 2.75) is 38.7 Å². The van der Waals surface area contributed by atoms with Crippen LogP contribution in [0.15, 0.2) is 48.5 Å². The Morgan fingerprint density at radius 2 is 1.80 bits per heavy atom. The quantitative estimate of drug-likeness (QED) is 0.678. The van der Waals surface area contributed by atoms with Gasteiger partial charge in [0.15, 0.2) is 0 Å². The van der Waals surface area contributed by atoms with Crippen molar-refractivity contribution >= 4 is 11.6 Å². The maximum absolute atomic E-state index is 6.55. The molecule has 0 aromatic heterocycles. The molecule has 0 heterocycles. The second kappa shape index (κ2) is 6.81. The lowest BCUT2D eigenvalue weighted by molar-refractivity contribution is 0.242. The van der Waals surface area contributed by atoms with E-state index in [0.29, 0.717) is 0 Å². The predicted octanol–water partition coefficient (Wildman–Crippen LogP) is 5.30. The highest BCUT2D eigenvalue weighted by Crippen LogP contribution is 2.28. The van der Waals surface area contributed by atoms with Gasteiger partial charge in [-0.05, 0) is 50.5 Å². The Kier molecular flexibility index (Phi) is 5.08. The minimum Gasteiger partial charge on any atom is -0.491 e. The fourth-order valence-electron chi connectivity index (χ4n) is 2.22. The third kappa shape index (κ3) is 4.28. The van der Waals surface area contributed by atoms with Crippen LogP contribution in [-0.2, 0) is 6.42 Å². The van der Waals surface area contributed by atoms with Crippen LogP contribution in [0, 0.1) is 6.92 Å². The Bertz CT molecular complexity index is 563. The molecule has 0 aliphatic carbocycles. The van der Waals surface area contributed by atoms with E-state index in [9.17, 15) is 0 Å². The summed E-state index contributed by atoms with van der Waals surface area (Å²) in [7, 11) is 0. The summed E-state index contributed by atoms with van der Waals surface area (Å²) in [5.41, 5.74) is 3.63. The van der Waals surface area contributed by atoms with E-state index in [2.05, 4.69) is 37.3 Å². The first-order valence-electron chi connectivity index (χ1n) is 7.01. The lowest BCUT2D eigenvalue weighted by Gasteiger charge is -2.14. The van der Waals surface area contributed by atoms with Gasteiger partial charge >= 0.3 is 0 Å². The van der Waals surface area contributed by atoms with E-state index in [1.54, 1.807) is 0 Å². The van der Waals surface area contributed by atoms with Gasteiger partial charge in [0.1, 0.15) is 5.75 Å². The third-order valence-corrected chi connectivity index (χ3v) is 3.50. The van der Waals surface area contributed by atoms with Crippen molar-refractivity contribution in [1.29, 1.82) is 0 Å². The summed E-state index contributed by atoms with van der Waals surface area (Å²) >= 11 is 6.55. The molecule has 0 bridgehead atoms. The molecule has 0 saturated carbocycles. The molecular formula is C18H21ClO. The molecule has 106 valence electrons. The minimum atomic E-state index is -0.0347. The SMILES string of the molecule is Cc1cccc(CC(Cl)c2cccc(OC(C)C)c2)c1. The minimum absolute atomic E-state index is 0.0347. The number of rotatable bonds is 5. The van der Waals surface area contributed by atoms with Crippen LogP contribution < -0.4 is 4.74 Å². The van der Waals surface area contributed by atoms with Gasteiger partial charge in [-0.1, -0.05) is 42.0 Å². The van der Waals surface area contributed by atoms with Crippen LogP contribution in [0.25, 0.3) is 0 Å². The van der Waals surface area contributed by atoms with Crippen LogP contribution in [-0.4, -0.2) is 6.10 Å². The van der Waals surface area contributed by atoms with Gasteiger partial charge in [0.2, 0.25) is 0 Å².